The number of carbonyl (C=O) groups is 1. The summed E-state index contributed by atoms with van der Waals surface area (Å²) in [4.78, 5) is 14.5. The molecule has 30 heavy (non-hydrogen) atoms. The second-order valence-electron chi connectivity index (χ2n) is 7.43. The van der Waals surface area contributed by atoms with E-state index in [0.29, 0.717) is 4.88 Å². The highest BCUT2D eigenvalue weighted by molar-refractivity contribution is 7.20. The van der Waals surface area contributed by atoms with Crippen LogP contribution in [-0.2, 0) is 13.5 Å². The third-order valence-electron chi connectivity index (χ3n) is 5.16. The molecular weight excluding hydrogens is 394 g/mol. The molecule has 154 valence electrons. The molecule has 2 aromatic carbocycles. The average molecular weight is 420 g/mol. The lowest BCUT2D eigenvalue weighted by Gasteiger charge is -2.13. The Morgan fingerprint density at radius 3 is 2.73 bits per heavy atom. The molecule has 2 heterocycles. The third-order valence-corrected chi connectivity index (χ3v) is 6.37. The van der Waals surface area contributed by atoms with Crippen molar-refractivity contribution >= 4 is 27.5 Å². The summed E-state index contributed by atoms with van der Waals surface area (Å²) in [6.07, 6.45) is 1.84. The van der Waals surface area contributed by atoms with Crippen molar-refractivity contribution in [2.24, 2.45) is 7.05 Å². The van der Waals surface area contributed by atoms with Crippen molar-refractivity contribution in [1.82, 2.24) is 15.1 Å². The lowest BCUT2D eigenvalue weighted by Crippen LogP contribution is -2.32. The molecule has 0 spiro atoms. The van der Waals surface area contributed by atoms with Gasteiger partial charge >= 0.3 is 0 Å². The zero-order chi connectivity index (χ0) is 21.1. The van der Waals surface area contributed by atoms with Crippen LogP contribution in [0.4, 0.5) is 0 Å². The fourth-order valence-electron chi connectivity index (χ4n) is 3.53. The lowest BCUT2D eigenvalue weighted by atomic mass is 10.1. The zero-order valence-corrected chi connectivity index (χ0v) is 18.2. The molecule has 4 aromatic rings. The van der Waals surface area contributed by atoms with Crippen LogP contribution in [0.3, 0.4) is 0 Å². The normalized spacial score (nSPS) is 12.1. The van der Waals surface area contributed by atoms with Crippen LogP contribution in [-0.4, -0.2) is 28.8 Å². The Kier molecular flexibility index (Phi) is 5.86. The molecule has 0 fully saturated rings. The number of aryl methyl sites for hydroxylation is 2. The van der Waals surface area contributed by atoms with E-state index in [1.54, 1.807) is 7.11 Å². The van der Waals surface area contributed by atoms with Gasteiger partial charge in [0.25, 0.3) is 5.91 Å². The van der Waals surface area contributed by atoms with Gasteiger partial charge in [-0.25, -0.2) is 0 Å². The summed E-state index contributed by atoms with van der Waals surface area (Å²) in [6, 6.07) is 20.2. The van der Waals surface area contributed by atoms with Gasteiger partial charge < -0.3 is 10.1 Å². The molecule has 0 aliphatic carbocycles. The lowest BCUT2D eigenvalue weighted by molar-refractivity contribution is 0.0942. The number of amides is 1. The van der Waals surface area contributed by atoms with E-state index in [2.05, 4.69) is 29.5 Å². The molecule has 0 saturated heterocycles. The van der Waals surface area contributed by atoms with Crippen molar-refractivity contribution in [2.75, 3.05) is 7.11 Å². The van der Waals surface area contributed by atoms with Gasteiger partial charge in [0.1, 0.15) is 16.3 Å². The molecule has 0 saturated carbocycles. The summed E-state index contributed by atoms with van der Waals surface area (Å²) in [7, 11) is 3.56. The van der Waals surface area contributed by atoms with Crippen molar-refractivity contribution in [1.29, 1.82) is 0 Å². The molecule has 0 aliphatic rings. The number of nitrogens with zero attached hydrogens (tertiary/aromatic N) is 2. The molecule has 4 rings (SSSR count). The predicted octanol–water partition coefficient (Wildman–Crippen LogP) is 5.06. The fraction of sp³-hybridized carbons (Fsp3) is 0.250. The largest absolute Gasteiger partial charge is 0.497 e. The van der Waals surface area contributed by atoms with Gasteiger partial charge in [-0.15, -0.1) is 11.3 Å². The maximum Gasteiger partial charge on any atom is 0.261 e. The van der Waals surface area contributed by atoms with E-state index in [-0.39, 0.29) is 11.9 Å². The van der Waals surface area contributed by atoms with Gasteiger partial charge in [0.15, 0.2) is 0 Å². The monoisotopic (exact) mass is 419 g/mol. The van der Waals surface area contributed by atoms with Gasteiger partial charge in [0, 0.05) is 24.0 Å². The van der Waals surface area contributed by atoms with Gasteiger partial charge in [-0.1, -0.05) is 42.5 Å². The van der Waals surface area contributed by atoms with Crippen LogP contribution in [0.2, 0.25) is 0 Å². The van der Waals surface area contributed by atoms with E-state index < -0.39 is 0 Å². The highest BCUT2D eigenvalue weighted by Crippen LogP contribution is 2.34. The molecule has 0 unspecified atom stereocenters. The van der Waals surface area contributed by atoms with E-state index >= 15 is 0 Å². The number of aromatic nitrogens is 2. The third kappa shape index (κ3) is 4.24. The molecule has 1 amide bonds. The van der Waals surface area contributed by atoms with Crippen LogP contribution in [0.1, 0.15) is 28.6 Å². The van der Waals surface area contributed by atoms with Crippen molar-refractivity contribution in [2.45, 2.75) is 25.8 Å². The molecule has 2 aromatic heterocycles. The second-order valence-corrected chi connectivity index (χ2v) is 8.46. The molecule has 0 bridgehead atoms. The van der Waals surface area contributed by atoms with Crippen LogP contribution in [0.15, 0.2) is 60.7 Å². The van der Waals surface area contributed by atoms with Gasteiger partial charge in [-0.3, -0.25) is 9.48 Å². The first-order valence-corrected chi connectivity index (χ1v) is 10.8. The van der Waals surface area contributed by atoms with E-state index in [1.807, 2.05) is 60.3 Å². The first kappa shape index (κ1) is 20.2. The Morgan fingerprint density at radius 2 is 1.97 bits per heavy atom. The Labute approximate surface area is 180 Å². The summed E-state index contributed by atoms with van der Waals surface area (Å²) in [5.74, 6) is 0.750. The summed E-state index contributed by atoms with van der Waals surface area (Å²) in [5.41, 5.74) is 3.12. The predicted molar refractivity (Wildman–Crippen MR) is 122 cm³/mol. The number of nitrogens with one attached hydrogen (secondary N) is 1. The van der Waals surface area contributed by atoms with Crippen molar-refractivity contribution < 1.29 is 9.53 Å². The van der Waals surface area contributed by atoms with Crippen LogP contribution in [0.25, 0.3) is 21.5 Å². The number of thiophene rings is 1. The van der Waals surface area contributed by atoms with Gasteiger partial charge in [0.05, 0.1) is 12.0 Å². The molecule has 6 heteroatoms. The SMILES string of the molecule is COc1cccc(-c2nn(C)c3sc(C(=O)N[C@@H](C)CCc4ccccc4)cc23)c1. The maximum absolute atomic E-state index is 12.8. The zero-order valence-electron chi connectivity index (χ0n) is 17.4. The van der Waals surface area contributed by atoms with Crippen LogP contribution >= 0.6 is 11.3 Å². The summed E-state index contributed by atoms with van der Waals surface area (Å²) < 4.78 is 7.18. The minimum Gasteiger partial charge on any atom is -0.497 e. The Bertz CT molecular complexity index is 1160. The molecule has 0 radical (unpaired) electrons. The van der Waals surface area contributed by atoms with Gasteiger partial charge in [-0.05, 0) is 43.5 Å². The maximum atomic E-state index is 12.8. The first-order chi connectivity index (χ1) is 14.5. The standard InChI is InChI=1S/C24H25N3O2S/c1-16(12-13-17-8-5-4-6-9-17)25-23(28)21-15-20-22(26-27(2)24(20)30-21)18-10-7-11-19(14-18)29-3/h4-11,14-16H,12-13H2,1-3H3,(H,25,28)/t16-/m0/s1. The number of hydrogen-bond donors (Lipinski definition) is 1. The molecule has 1 N–H and O–H groups in total. The molecular formula is C24H25N3O2S. The van der Waals surface area contributed by atoms with E-state index in [1.165, 1.54) is 16.9 Å². The Balaban J connectivity index is 1.51. The second kappa shape index (κ2) is 8.71. The minimum atomic E-state index is -0.0339. The first-order valence-electron chi connectivity index (χ1n) is 10.0. The number of fused-ring (bicyclic) bond motifs is 1. The topological polar surface area (TPSA) is 56.2 Å². The smallest absolute Gasteiger partial charge is 0.261 e. The van der Waals surface area contributed by atoms with Crippen LogP contribution in [0, 0.1) is 0 Å². The number of hydrogen-bond acceptors (Lipinski definition) is 4. The van der Waals surface area contributed by atoms with Crippen LogP contribution < -0.4 is 10.1 Å². The van der Waals surface area contributed by atoms with Crippen molar-refractivity contribution in [3.63, 3.8) is 0 Å². The Hall–Kier alpha value is -3.12. The van der Waals surface area contributed by atoms with E-state index in [9.17, 15) is 4.79 Å². The summed E-state index contributed by atoms with van der Waals surface area (Å²) in [6.45, 7) is 2.05. The average Bonchev–Trinajstić information content (AvgIpc) is 3.34. The Morgan fingerprint density at radius 1 is 1.17 bits per heavy atom. The number of carbonyl (C=O) groups excluding carboxylic acids is 1. The highest BCUT2D eigenvalue weighted by Gasteiger charge is 2.19. The van der Waals surface area contributed by atoms with Crippen LogP contribution in [0.5, 0.6) is 5.75 Å². The highest BCUT2D eigenvalue weighted by atomic mass is 32.1. The van der Waals surface area contributed by atoms with Gasteiger partial charge in [0.2, 0.25) is 0 Å². The quantitative estimate of drug-likeness (QED) is 0.455. The van der Waals surface area contributed by atoms with Crippen molar-refractivity contribution in [3.05, 3.63) is 71.1 Å². The van der Waals surface area contributed by atoms with Crippen molar-refractivity contribution in [3.8, 4) is 17.0 Å². The molecule has 5 nitrogen and oxygen atoms in total. The number of methoxy groups -OCH3 is 1. The van der Waals surface area contributed by atoms with E-state index in [4.69, 9.17) is 4.74 Å². The van der Waals surface area contributed by atoms with E-state index in [0.717, 1.165) is 40.1 Å². The summed E-state index contributed by atoms with van der Waals surface area (Å²) in [5, 5.41) is 8.78. The fourth-order valence-corrected chi connectivity index (χ4v) is 4.51. The summed E-state index contributed by atoms with van der Waals surface area (Å²) >= 11 is 1.47. The number of ether oxygens (including phenoxy) is 1. The van der Waals surface area contributed by atoms with Gasteiger partial charge in [-0.2, -0.15) is 5.10 Å². The molecule has 0 aliphatic heterocycles. The molecule has 1 atom stereocenters. The number of rotatable bonds is 7. The number of benzene rings is 2. The minimum absolute atomic E-state index is 0.0339.